The molecule has 3 heterocycles. The number of rotatable bonds is 15. The van der Waals surface area contributed by atoms with Crippen LogP contribution in [0.5, 0.6) is 0 Å². The second kappa shape index (κ2) is 21.6. The Labute approximate surface area is 372 Å². The summed E-state index contributed by atoms with van der Waals surface area (Å²) in [5, 5.41) is 3.49. The molecule has 8 rings (SSSR count). The standard InChI is InChI=1S/C31H30N4O2.C21H16ClFN2O/c1-2-29(36)21-24-9-6-10-25(20-24)30-26(19-23-7-4-3-5-8-23)22-32-31(34-30)33-27-11-13-28(14-12-27)35-15-17-37-18-16-35;1-2-19(26)12-15-5-3-7-16(9-15)20-17(13-24-21(22)25-20)10-14-6-4-8-18(23)11-14/h2-14,20,22H,1,15-19,21H2,(H,32,33,34);2-9,11,13H,1,10,12H2. The Hall–Kier alpha value is -7.14. The van der Waals surface area contributed by atoms with E-state index in [0.29, 0.717) is 30.9 Å². The molecule has 0 aliphatic carbocycles. The van der Waals surface area contributed by atoms with Crippen LogP contribution in [0.25, 0.3) is 22.5 Å². The van der Waals surface area contributed by atoms with Gasteiger partial charge >= 0.3 is 0 Å². The molecule has 0 radical (unpaired) electrons. The average Bonchev–Trinajstić information content (AvgIpc) is 3.31. The Morgan fingerprint density at radius 3 is 1.84 bits per heavy atom. The summed E-state index contributed by atoms with van der Waals surface area (Å²) >= 11 is 5.99. The largest absolute Gasteiger partial charge is 0.378 e. The normalized spacial score (nSPS) is 12.1. The molecule has 5 aromatic carbocycles. The van der Waals surface area contributed by atoms with Crippen LogP contribution in [-0.4, -0.2) is 57.8 Å². The van der Waals surface area contributed by atoms with Crippen molar-refractivity contribution in [3.05, 3.63) is 210 Å². The molecule has 1 saturated heterocycles. The summed E-state index contributed by atoms with van der Waals surface area (Å²) in [7, 11) is 0. The first-order chi connectivity index (χ1) is 30.7. The first kappa shape index (κ1) is 43.9. The average molecular weight is 857 g/mol. The lowest BCUT2D eigenvalue weighted by Crippen LogP contribution is -2.36. The quantitative estimate of drug-likeness (QED) is 0.0796. The Balaban J connectivity index is 0.000000201. The van der Waals surface area contributed by atoms with Crippen molar-refractivity contribution >= 4 is 40.5 Å². The van der Waals surface area contributed by atoms with Crippen LogP contribution in [0.1, 0.15) is 33.4 Å². The molecule has 7 aromatic rings. The summed E-state index contributed by atoms with van der Waals surface area (Å²) in [6.07, 6.45) is 7.99. The SMILES string of the molecule is C=CC(=O)Cc1cccc(-c2nc(Cl)ncc2Cc2cccc(F)c2)c1.C=CC(=O)Cc1cccc(-c2nc(Nc3ccc(N4CCOCC4)cc3)ncc2Cc2ccccc2)c1. The molecule has 0 bridgehead atoms. The minimum Gasteiger partial charge on any atom is -0.378 e. The number of hydrogen-bond acceptors (Lipinski definition) is 9. The highest BCUT2D eigenvalue weighted by molar-refractivity contribution is 6.28. The first-order valence-corrected chi connectivity index (χ1v) is 21.0. The van der Waals surface area contributed by atoms with E-state index in [1.165, 1.54) is 35.5 Å². The maximum absolute atomic E-state index is 13.5. The van der Waals surface area contributed by atoms with Gasteiger partial charge in [0.25, 0.3) is 0 Å². The van der Waals surface area contributed by atoms with Gasteiger partial charge < -0.3 is 15.0 Å². The number of hydrogen-bond donors (Lipinski definition) is 1. The molecule has 1 aliphatic heterocycles. The van der Waals surface area contributed by atoms with Crippen molar-refractivity contribution in [2.24, 2.45) is 0 Å². The number of nitrogens with one attached hydrogen (secondary N) is 1. The maximum Gasteiger partial charge on any atom is 0.227 e. The molecule has 0 atom stereocenters. The molecule has 316 valence electrons. The van der Waals surface area contributed by atoms with Gasteiger partial charge in [-0.2, -0.15) is 0 Å². The highest BCUT2D eigenvalue weighted by Crippen LogP contribution is 2.29. The van der Waals surface area contributed by atoms with E-state index in [4.69, 9.17) is 21.3 Å². The van der Waals surface area contributed by atoms with E-state index < -0.39 is 0 Å². The summed E-state index contributed by atoms with van der Waals surface area (Å²) in [4.78, 5) is 43.9. The molecular formula is C52H46ClFN6O3. The molecule has 63 heavy (non-hydrogen) atoms. The smallest absolute Gasteiger partial charge is 0.227 e. The van der Waals surface area contributed by atoms with Gasteiger partial charge in [0.15, 0.2) is 11.6 Å². The minimum atomic E-state index is -0.288. The van der Waals surface area contributed by atoms with Crippen LogP contribution in [0.2, 0.25) is 5.28 Å². The molecule has 1 N–H and O–H groups in total. The number of benzene rings is 5. The number of morpholine rings is 1. The van der Waals surface area contributed by atoms with Crippen molar-refractivity contribution in [3.8, 4) is 22.5 Å². The topological polar surface area (TPSA) is 110 Å². The van der Waals surface area contributed by atoms with Gasteiger partial charge in [-0.05, 0) is 94.5 Å². The first-order valence-electron chi connectivity index (χ1n) is 20.6. The molecule has 1 fully saturated rings. The van der Waals surface area contributed by atoms with E-state index in [2.05, 4.69) is 62.6 Å². The monoisotopic (exact) mass is 856 g/mol. The summed E-state index contributed by atoms with van der Waals surface area (Å²) in [5.41, 5.74) is 11.0. The van der Waals surface area contributed by atoms with Crippen LogP contribution in [0.3, 0.4) is 0 Å². The van der Waals surface area contributed by atoms with Crippen LogP contribution in [-0.2, 0) is 40.0 Å². The van der Waals surface area contributed by atoms with Crippen molar-refractivity contribution in [2.45, 2.75) is 25.7 Å². The Morgan fingerprint density at radius 1 is 0.667 bits per heavy atom. The van der Waals surface area contributed by atoms with Gasteiger partial charge in [0.1, 0.15) is 5.82 Å². The van der Waals surface area contributed by atoms with E-state index in [1.54, 1.807) is 12.3 Å². The second-order valence-electron chi connectivity index (χ2n) is 14.9. The van der Waals surface area contributed by atoms with Gasteiger partial charge in [-0.3, -0.25) is 9.59 Å². The number of carbonyl (C=O) groups is 2. The lowest BCUT2D eigenvalue weighted by molar-refractivity contribution is -0.114. The molecule has 0 saturated carbocycles. The van der Waals surface area contributed by atoms with Crippen molar-refractivity contribution in [1.29, 1.82) is 0 Å². The predicted molar refractivity (Wildman–Crippen MR) is 249 cm³/mol. The molecule has 1 aliphatic rings. The summed E-state index contributed by atoms with van der Waals surface area (Å²) in [6, 6.07) is 40.5. The number of aromatic nitrogens is 4. The molecule has 0 amide bonds. The van der Waals surface area contributed by atoms with Gasteiger partial charge in [0, 0.05) is 84.8 Å². The number of nitrogens with zero attached hydrogens (tertiary/aromatic N) is 5. The second-order valence-corrected chi connectivity index (χ2v) is 15.3. The third-order valence-corrected chi connectivity index (χ3v) is 10.5. The van der Waals surface area contributed by atoms with Gasteiger partial charge in [-0.1, -0.05) is 92.0 Å². The van der Waals surface area contributed by atoms with E-state index >= 15 is 0 Å². The fourth-order valence-electron chi connectivity index (χ4n) is 7.20. The fraction of sp³-hybridized carbons (Fsp3) is 0.154. The van der Waals surface area contributed by atoms with Crippen molar-refractivity contribution in [3.63, 3.8) is 0 Å². The van der Waals surface area contributed by atoms with Crippen molar-refractivity contribution in [2.75, 3.05) is 36.5 Å². The Kier molecular flexibility index (Phi) is 15.1. The van der Waals surface area contributed by atoms with Crippen LogP contribution >= 0.6 is 11.6 Å². The molecule has 9 nitrogen and oxygen atoms in total. The number of ether oxygens (including phenoxy) is 1. The van der Waals surface area contributed by atoms with Gasteiger partial charge in [0.2, 0.25) is 11.2 Å². The summed E-state index contributed by atoms with van der Waals surface area (Å²) in [6.45, 7) is 10.4. The third kappa shape index (κ3) is 12.5. The Morgan fingerprint density at radius 2 is 1.22 bits per heavy atom. The number of ketones is 2. The number of carbonyl (C=O) groups excluding carboxylic acids is 2. The third-order valence-electron chi connectivity index (χ3n) is 10.3. The lowest BCUT2D eigenvalue weighted by atomic mass is 9.98. The van der Waals surface area contributed by atoms with Crippen LogP contribution < -0.4 is 10.2 Å². The highest BCUT2D eigenvalue weighted by Gasteiger charge is 2.15. The van der Waals surface area contributed by atoms with E-state index in [-0.39, 0.29) is 29.1 Å². The molecule has 11 heteroatoms. The van der Waals surface area contributed by atoms with E-state index in [0.717, 1.165) is 76.6 Å². The minimum absolute atomic E-state index is 0.00720. The highest BCUT2D eigenvalue weighted by atomic mass is 35.5. The van der Waals surface area contributed by atoms with Gasteiger partial charge in [0.05, 0.1) is 24.6 Å². The van der Waals surface area contributed by atoms with E-state index in [1.807, 2.05) is 91.1 Å². The Bertz CT molecular complexity index is 2700. The van der Waals surface area contributed by atoms with E-state index in [9.17, 15) is 14.0 Å². The molecule has 0 spiro atoms. The zero-order valence-electron chi connectivity index (χ0n) is 34.7. The van der Waals surface area contributed by atoms with Crippen molar-refractivity contribution in [1.82, 2.24) is 19.9 Å². The predicted octanol–water partition coefficient (Wildman–Crippen LogP) is 10.4. The molecule has 2 aromatic heterocycles. The lowest BCUT2D eigenvalue weighted by Gasteiger charge is -2.28. The van der Waals surface area contributed by atoms with Gasteiger partial charge in [-0.25, -0.2) is 24.3 Å². The maximum atomic E-state index is 13.5. The number of halogens is 2. The van der Waals surface area contributed by atoms with Crippen LogP contribution in [0.15, 0.2) is 165 Å². The van der Waals surface area contributed by atoms with Gasteiger partial charge in [-0.15, -0.1) is 0 Å². The van der Waals surface area contributed by atoms with Crippen molar-refractivity contribution < 1.29 is 18.7 Å². The molecule has 0 unspecified atom stereocenters. The number of allylic oxidation sites excluding steroid dienone is 2. The zero-order valence-corrected chi connectivity index (χ0v) is 35.5. The fourth-order valence-corrected chi connectivity index (χ4v) is 7.34. The summed E-state index contributed by atoms with van der Waals surface area (Å²) < 4.78 is 18.9. The summed E-state index contributed by atoms with van der Waals surface area (Å²) in [5.74, 6) is 0.178. The van der Waals surface area contributed by atoms with Crippen LogP contribution in [0.4, 0.5) is 21.7 Å². The number of anilines is 3. The van der Waals surface area contributed by atoms with Crippen LogP contribution in [0, 0.1) is 5.82 Å². The molecular weight excluding hydrogens is 811 g/mol. The zero-order chi connectivity index (χ0) is 44.0.